The van der Waals surface area contributed by atoms with Gasteiger partial charge in [0.2, 0.25) is 0 Å². The predicted molar refractivity (Wildman–Crippen MR) is 63.1 cm³/mol. The van der Waals surface area contributed by atoms with Crippen LogP contribution in [-0.2, 0) is 5.11 Å². The molecule has 0 aliphatic rings. The molecule has 0 aromatic rings. The molecule has 0 saturated heterocycles. The molecular weight excluding hydrogens is 180 g/mol. The summed E-state index contributed by atoms with van der Waals surface area (Å²) in [6.45, 7) is 2.35. The van der Waals surface area contributed by atoms with Crippen LogP contribution in [0.15, 0.2) is 0 Å². The molecule has 0 spiro atoms. The van der Waals surface area contributed by atoms with Crippen LogP contribution in [0.1, 0.15) is 58.3 Å². The summed E-state index contributed by atoms with van der Waals surface area (Å²) in [7, 11) is 0. The summed E-state index contributed by atoms with van der Waals surface area (Å²) in [6.07, 6.45) is 11.8. The maximum absolute atomic E-state index is 10.1. The first-order chi connectivity index (χ1) is 6.41. The van der Waals surface area contributed by atoms with E-state index in [9.17, 15) is 5.11 Å². The van der Waals surface area contributed by atoms with Crippen molar-refractivity contribution in [3.63, 3.8) is 0 Å². The number of hydrogen-bond donors (Lipinski definition) is 1. The summed E-state index contributed by atoms with van der Waals surface area (Å²) in [5.41, 5.74) is 0. The Morgan fingerprint density at radius 1 is 0.769 bits per heavy atom. The zero-order chi connectivity index (χ0) is 10.4. The van der Waals surface area contributed by atoms with Gasteiger partial charge in [0.15, 0.2) is 0 Å². The lowest BCUT2D eigenvalue weighted by Gasteiger charge is -1.98. The van der Waals surface area contributed by atoms with E-state index in [1.54, 1.807) is 6.26 Å². The van der Waals surface area contributed by atoms with E-state index in [2.05, 4.69) is 19.6 Å². The summed E-state index contributed by atoms with van der Waals surface area (Å²) < 4.78 is 0. The predicted octanol–water partition coefficient (Wildman–Crippen LogP) is 4.10. The summed E-state index contributed by atoms with van der Waals surface area (Å²) >= 11 is 3.53. The summed E-state index contributed by atoms with van der Waals surface area (Å²) in [5.74, 6) is 0. The molecule has 0 fully saturated rings. The second-order valence-electron chi connectivity index (χ2n) is 3.18. The fraction of sp³-hybridized carbons (Fsp3) is 1.00. The van der Waals surface area contributed by atoms with Crippen LogP contribution in [0.25, 0.3) is 0 Å². The van der Waals surface area contributed by atoms with E-state index in [0.717, 1.165) is 12.8 Å². The molecule has 1 radical (unpaired) electrons. The average Bonchev–Trinajstić information content (AvgIpc) is 2.20. The molecule has 0 N–H and O–H groups in total. The van der Waals surface area contributed by atoms with E-state index in [1.165, 1.54) is 38.5 Å². The van der Waals surface area contributed by atoms with Crippen LogP contribution in [0.4, 0.5) is 0 Å². The quantitative estimate of drug-likeness (QED) is 0.455. The molecule has 0 amide bonds. The van der Waals surface area contributed by atoms with Crippen molar-refractivity contribution >= 4 is 12.6 Å². The lowest BCUT2D eigenvalue weighted by atomic mass is 10.1. The molecule has 13 heavy (non-hydrogen) atoms. The molecule has 81 valence electrons. The Balaban J connectivity index is 0. The smallest absolute Gasteiger partial charge is 0.0822 e. The Hall–Kier alpha value is 0.310. The van der Waals surface area contributed by atoms with Gasteiger partial charge in [0.1, 0.15) is 0 Å². The second-order valence-corrected chi connectivity index (χ2v) is 3.18. The highest BCUT2D eigenvalue weighted by atomic mass is 32.1. The highest BCUT2D eigenvalue weighted by molar-refractivity contribution is 7.79. The van der Waals surface area contributed by atoms with Crippen LogP contribution in [0.5, 0.6) is 0 Å². The highest BCUT2D eigenvalue weighted by Gasteiger charge is 1.89. The third-order valence-corrected chi connectivity index (χ3v) is 2.00. The molecule has 0 atom stereocenters. The second kappa shape index (κ2) is 18.2. The largest absolute Gasteiger partial charge is 0.237 e. The molecule has 2 heteroatoms. The molecule has 0 aromatic carbocycles. The zero-order valence-corrected chi connectivity index (χ0v) is 10.1. The molecular formula is C11H25OS. The van der Waals surface area contributed by atoms with E-state index in [0.29, 0.717) is 0 Å². The molecule has 0 aliphatic carbocycles. The van der Waals surface area contributed by atoms with Gasteiger partial charge in [-0.25, -0.2) is 5.11 Å². The van der Waals surface area contributed by atoms with Crippen LogP contribution in [0.3, 0.4) is 0 Å². The zero-order valence-electron chi connectivity index (χ0n) is 9.22. The Morgan fingerprint density at radius 2 is 1.15 bits per heavy atom. The SMILES string of the molecule is CCCCCCCCCC[O].CS. The first kappa shape index (κ1) is 15.8. The molecule has 0 saturated carbocycles. The minimum atomic E-state index is 0.120. The van der Waals surface area contributed by atoms with Gasteiger partial charge in [0.05, 0.1) is 6.61 Å². The highest BCUT2D eigenvalue weighted by Crippen LogP contribution is 2.07. The minimum absolute atomic E-state index is 0.120. The van der Waals surface area contributed by atoms with Gasteiger partial charge < -0.3 is 0 Å². The Kier molecular flexibility index (Phi) is 22.0. The van der Waals surface area contributed by atoms with E-state index < -0.39 is 0 Å². The molecule has 0 rings (SSSR count). The van der Waals surface area contributed by atoms with Gasteiger partial charge in [-0.2, -0.15) is 12.6 Å². The Morgan fingerprint density at radius 3 is 1.54 bits per heavy atom. The normalized spacial score (nSPS) is 9.23. The monoisotopic (exact) mass is 205 g/mol. The van der Waals surface area contributed by atoms with Crippen molar-refractivity contribution in [1.29, 1.82) is 0 Å². The summed E-state index contributed by atoms with van der Waals surface area (Å²) in [5, 5.41) is 10.1. The third kappa shape index (κ3) is 18.9. The van der Waals surface area contributed by atoms with Gasteiger partial charge in [-0.1, -0.05) is 51.9 Å². The Labute approximate surface area is 89.3 Å². The lowest BCUT2D eigenvalue weighted by molar-refractivity contribution is 0.186. The van der Waals surface area contributed by atoms with E-state index in [-0.39, 0.29) is 6.61 Å². The molecule has 0 heterocycles. The Bertz CT molecular complexity index is 59.1. The van der Waals surface area contributed by atoms with Crippen molar-refractivity contribution in [3.05, 3.63) is 0 Å². The fourth-order valence-electron chi connectivity index (χ4n) is 1.24. The minimum Gasteiger partial charge on any atom is -0.237 e. The number of hydrogen-bond acceptors (Lipinski definition) is 1. The topological polar surface area (TPSA) is 19.9 Å². The molecule has 0 bridgehead atoms. The molecule has 0 aliphatic heterocycles. The van der Waals surface area contributed by atoms with Crippen molar-refractivity contribution in [1.82, 2.24) is 0 Å². The maximum atomic E-state index is 10.1. The standard InChI is InChI=1S/C10H21O.CH4S/c1-2-3-4-5-6-7-8-9-10-11;1-2/h2-10H2,1H3;2H,1H3. The maximum Gasteiger partial charge on any atom is 0.0822 e. The third-order valence-electron chi connectivity index (χ3n) is 2.00. The van der Waals surface area contributed by atoms with E-state index >= 15 is 0 Å². The average molecular weight is 205 g/mol. The van der Waals surface area contributed by atoms with E-state index in [4.69, 9.17) is 0 Å². The van der Waals surface area contributed by atoms with Crippen molar-refractivity contribution in [2.45, 2.75) is 58.3 Å². The van der Waals surface area contributed by atoms with Crippen LogP contribution >= 0.6 is 12.6 Å². The summed E-state index contributed by atoms with van der Waals surface area (Å²) in [6, 6.07) is 0. The van der Waals surface area contributed by atoms with Crippen LogP contribution in [0.2, 0.25) is 0 Å². The van der Waals surface area contributed by atoms with Crippen LogP contribution in [-0.4, -0.2) is 12.9 Å². The first-order valence-corrected chi connectivity index (χ1v) is 6.34. The van der Waals surface area contributed by atoms with Crippen LogP contribution in [0, 0.1) is 0 Å². The first-order valence-electron chi connectivity index (χ1n) is 5.44. The van der Waals surface area contributed by atoms with Crippen molar-refractivity contribution < 1.29 is 5.11 Å². The number of thiol groups is 1. The van der Waals surface area contributed by atoms with E-state index in [1.807, 2.05) is 0 Å². The summed E-state index contributed by atoms with van der Waals surface area (Å²) in [4.78, 5) is 0. The van der Waals surface area contributed by atoms with Gasteiger partial charge in [-0.3, -0.25) is 0 Å². The van der Waals surface area contributed by atoms with Gasteiger partial charge >= 0.3 is 0 Å². The number of unbranched alkanes of at least 4 members (excludes halogenated alkanes) is 7. The molecule has 0 unspecified atom stereocenters. The van der Waals surface area contributed by atoms with Gasteiger partial charge in [-0.05, 0) is 12.7 Å². The number of rotatable bonds is 8. The van der Waals surface area contributed by atoms with Gasteiger partial charge in [-0.15, -0.1) is 0 Å². The lowest BCUT2D eigenvalue weighted by Crippen LogP contribution is -1.82. The molecule has 0 aromatic heterocycles. The van der Waals surface area contributed by atoms with Crippen molar-refractivity contribution in [2.75, 3.05) is 12.9 Å². The van der Waals surface area contributed by atoms with Crippen molar-refractivity contribution in [2.24, 2.45) is 0 Å². The van der Waals surface area contributed by atoms with Crippen molar-refractivity contribution in [3.8, 4) is 0 Å². The fourth-order valence-corrected chi connectivity index (χ4v) is 1.24. The molecule has 1 nitrogen and oxygen atoms in total. The van der Waals surface area contributed by atoms with Crippen LogP contribution < -0.4 is 0 Å². The van der Waals surface area contributed by atoms with Gasteiger partial charge in [0.25, 0.3) is 0 Å². The van der Waals surface area contributed by atoms with Gasteiger partial charge in [0, 0.05) is 0 Å².